The van der Waals surface area contributed by atoms with Crippen molar-refractivity contribution < 1.29 is 5.11 Å². The molecule has 0 aromatic rings. The van der Waals surface area contributed by atoms with Gasteiger partial charge in [-0.25, -0.2) is 0 Å². The van der Waals surface area contributed by atoms with E-state index in [1.54, 1.807) is 0 Å². The SMILES string of the molecule is CC(C)[C@H]1CC[C@H](C)C[C@H]1N[C@@H](C)CO. The Balaban J connectivity index is 2.54. The molecule has 0 aromatic heterocycles. The molecule has 15 heavy (non-hydrogen) atoms. The van der Waals surface area contributed by atoms with Crippen LogP contribution in [0.2, 0.25) is 0 Å². The molecule has 0 saturated heterocycles. The second-order valence-corrected chi connectivity index (χ2v) is 5.68. The minimum atomic E-state index is 0.238. The zero-order valence-corrected chi connectivity index (χ0v) is 10.7. The fraction of sp³-hybridized carbons (Fsp3) is 1.00. The van der Waals surface area contributed by atoms with E-state index in [9.17, 15) is 0 Å². The molecule has 2 nitrogen and oxygen atoms in total. The van der Waals surface area contributed by atoms with E-state index in [2.05, 4.69) is 33.0 Å². The number of nitrogens with one attached hydrogen (secondary N) is 1. The highest BCUT2D eigenvalue weighted by atomic mass is 16.3. The van der Waals surface area contributed by atoms with E-state index in [1.165, 1.54) is 19.3 Å². The van der Waals surface area contributed by atoms with E-state index in [4.69, 9.17) is 5.11 Å². The van der Waals surface area contributed by atoms with Gasteiger partial charge in [-0.15, -0.1) is 0 Å². The topological polar surface area (TPSA) is 32.3 Å². The first-order chi connectivity index (χ1) is 7.04. The molecule has 0 bridgehead atoms. The number of aliphatic hydroxyl groups excluding tert-OH is 1. The van der Waals surface area contributed by atoms with Crippen molar-refractivity contribution in [3.8, 4) is 0 Å². The van der Waals surface area contributed by atoms with Crippen molar-refractivity contribution in [1.29, 1.82) is 0 Å². The smallest absolute Gasteiger partial charge is 0.0582 e. The Hall–Kier alpha value is -0.0800. The van der Waals surface area contributed by atoms with Crippen molar-refractivity contribution in [3.05, 3.63) is 0 Å². The molecule has 0 aliphatic heterocycles. The predicted octanol–water partition coefficient (Wildman–Crippen LogP) is 2.42. The normalized spacial score (nSPS) is 34.4. The Kier molecular flexibility index (Phi) is 5.07. The summed E-state index contributed by atoms with van der Waals surface area (Å²) in [5, 5.41) is 12.7. The molecule has 0 amide bonds. The summed E-state index contributed by atoms with van der Waals surface area (Å²) in [6.45, 7) is 9.29. The molecule has 0 spiro atoms. The number of hydrogen-bond acceptors (Lipinski definition) is 2. The van der Waals surface area contributed by atoms with Gasteiger partial charge >= 0.3 is 0 Å². The van der Waals surface area contributed by atoms with Gasteiger partial charge in [0, 0.05) is 12.1 Å². The van der Waals surface area contributed by atoms with Crippen molar-refractivity contribution in [1.82, 2.24) is 5.32 Å². The third kappa shape index (κ3) is 3.76. The molecule has 90 valence electrons. The van der Waals surface area contributed by atoms with Crippen LogP contribution in [0.15, 0.2) is 0 Å². The van der Waals surface area contributed by atoms with Gasteiger partial charge in [0.25, 0.3) is 0 Å². The van der Waals surface area contributed by atoms with Crippen LogP contribution in [0.25, 0.3) is 0 Å². The molecule has 0 unspecified atom stereocenters. The molecule has 0 heterocycles. The van der Waals surface area contributed by atoms with Crippen molar-refractivity contribution in [3.63, 3.8) is 0 Å². The molecule has 1 saturated carbocycles. The van der Waals surface area contributed by atoms with E-state index in [0.29, 0.717) is 6.04 Å². The average Bonchev–Trinajstić information content (AvgIpc) is 2.17. The van der Waals surface area contributed by atoms with Gasteiger partial charge in [0.05, 0.1) is 6.61 Å². The van der Waals surface area contributed by atoms with Crippen LogP contribution in [0.1, 0.15) is 47.0 Å². The minimum absolute atomic E-state index is 0.238. The van der Waals surface area contributed by atoms with E-state index < -0.39 is 0 Å². The lowest BCUT2D eigenvalue weighted by molar-refractivity contribution is 0.144. The Morgan fingerprint density at radius 1 is 1.27 bits per heavy atom. The van der Waals surface area contributed by atoms with Crippen LogP contribution >= 0.6 is 0 Å². The molecule has 4 atom stereocenters. The summed E-state index contributed by atoms with van der Waals surface area (Å²) in [6.07, 6.45) is 3.98. The second kappa shape index (κ2) is 5.86. The minimum Gasteiger partial charge on any atom is -0.395 e. The fourth-order valence-corrected chi connectivity index (χ4v) is 2.81. The first kappa shape index (κ1) is 13.0. The summed E-state index contributed by atoms with van der Waals surface area (Å²) in [5.41, 5.74) is 0. The summed E-state index contributed by atoms with van der Waals surface area (Å²) < 4.78 is 0. The van der Waals surface area contributed by atoms with Gasteiger partial charge in [0.2, 0.25) is 0 Å². The third-order valence-electron chi connectivity index (χ3n) is 3.79. The fourth-order valence-electron chi connectivity index (χ4n) is 2.81. The van der Waals surface area contributed by atoms with Gasteiger partial charge in [-0.1, -0.05) is 27.2 Å². The lowest BCUT2D eigenvalue weighted by atomic mass is 9.74. The highest BCUT2D eigenvalue weighted by molar-refractivity contribution is 4.86. The Morgan fingerprint density at radius 2 is 1.93 bits per heavy atom. The molecule has 2 N–H and O–H groups in total. The first-order valence-corrected chi connectivity index (χ1v) is 6.41. The highest BCUT2D eigenvalue weighted by Gasteiger charge is 2.30. The molecule has 0 radical (unpaired) electrons. The monoisotopic (exact) mass is 213 g/mol. The summed E-state index contributed by atoms with van der Waals surface area (Å²) in [7, 11) is 0. The van der Waals surface area contributed by atoms with Gasteiger partial charge in [0.15, 0.2) is 0 Å². The maximum atomic E-state index is 9.09. The number of hydrogen-bond donors (Lipinski definition) is 2. The van der Waals surface area contributed by atoms with Crippen molar-refractivity contribution in [2.24, 2.45) is 17.8 Å². The van der Waals surface area contributed by atoms with Crippen molar-refractivity contribution >= 4 is 0 Å². The molecule has 1 fully saturated rings. The predicted molar refractivity (Wildman–Crippen MR) is 64.8 cm³/mol. The average molecular weight is 213 g/mol. The van der Waals surface area contributed by atoms with Crippen LogP contribution in [-0.2, 0) is 0 Å². The zero-order valence-electron chi connectivity index (χ0n) is 10.7. The Labute approximate surface area is 94.5 Å². The first-order valence-electron chi connectivity index (χ1n) is 6.41. The highest BCUT2D eigenvalue weighted by Crippen LogP contribution is 2.33. The third-order valence-corrected chi connectivity index (χ3v) is 3.79. The van der Waals surface area contributed by atoms with E-state index >= 15 is 0 Å². The van der Waals surface area contributed by atoms with Crippen LogP contribution in [0.4, 0.5) is 0 Å². The maximum absolute atomic E-state index is 9.09. The van der Waals surface area contributed by atoms with Gasteiger partial charge in [0.1, 0.15) is 0 Å². The zero-order chi connectivity index (χ0) is 11.4. The molecular weight excluding hydrogens is 186 g/mol. The lowest BCUT2D eigenvalue weighted by Gasteiger charge is -2.39. The summed E-state index contributed by atoms with van der Waals surface area (Å²) in [4.78, 5) is 0. The van der Waals surface area contributed by atoms with Gasteiger partial charge in [-0.3, -0.25) is 0 Å². The molecule has 1 aliphatic rings. The van der Waals surface area contributed by atoms with Crippen LogP contribution in [0.3, 0.4) is 0 Å². The van der Waals surface area contributed by atoms with Gasteiger partial charge in [-0.2, -0.15) is 0 Å². The number of rotatable bonds is 4. The molecule has 1 aliphatic carbocycles. The quantitative estimate of drug-likeness (QED) is 0.751. The van der Waals surface area contributed by atoms with E-state index in [0.717, 1.165) is 17.8 Å². The summed E-state index contributed by atoms with van der Waals surface area (Å²) in [5.74, 6) is 2.37. The van der Waals surface area contributed by atoms with Crippen LogP contribution in [0.5, 0.6) is 0 Å². The summed E-state index contributed by atoms with van der Waals surface area (Å²) in [6, 6.07) is 0.845. The number of aliphatic hydroxyl groups is 1. The van der Waals surface area contributed by atoms with E-state index in [-0.39, 0.29) is 12.6 Å². The maximum Gasteiger partial charge on any atom is 0.0582 e. The van der Waals surface area contributed by atoms with E-state index in [1.807, 2.05) is 0 Å². The van der Waals surface area contributed by atoms with Crippen LogP contribution in [-0.4, -0.2) is 23.8 Å². The molecule has 2 heteroatoms. The van der Waals surface area contributed by atoms with Crippen LogP contribution in [0, 0.1) is 17.8 Å². The van der Waals surface area contributed by atoms with Crippen molar-refractivity contribution in [2.45, 2.75) is 59.0 Å². The Morgan fingerprint density at radius 3 is 2.47 bits per heavy atom. The largest absolute Gasteiger partial charge is 0.395 e. The van der Waals surface area contributed by atoms with Gasteiger partial charge in [-0.05, 0) is 37.5 Å². The van der Waals surface area contributed by atoms with Crippen molar-refractivity contribution in [2.75, 3.05) is 6.61 Å². The summed E-state index contributed by atoms with van der Waals surface area (Å²) >= 11 is 0. The van der Waals surface area contributed by atoms with Gasteiger partial charge < -0.3 is 10.4 Å². The Bertz CT molecular complexity index is 181. The molecule has 1 rings (SSSR count). The molecule has 0 aromatic carbocycles. The van der Waals surface area contributed by atoms with Crippen LogP contribution < -0.4 is 5.32 Å². The standard InChI is InChI=1S/C13H27NO/c1-9(2)12-6-5-10(3)7-13(12)14-11(4)8-15/h9-15H,5-8H2,1-4H3/t10-,11-,12+,13+/m0/s1. The lowest BCUT2D eigenvalue weighted by Crippen LogP contribution is -2.47. The molecular formula is C13H27NO. The second-order valence-electron chi connectivity index (χ2n) is 5.68.